The number of halogens is 2. The molecule has 1 unspecified atom stereocenters. The second kappa shape index (κ2) is 9.07. The third-order valence-corrected chi connectivity index (χ3v) is 4.47. The third-order valence-electron chi connectivity index (χ3n) is 4.03. The van der Waals surface area contributed by atoms with Crippen LogP contribution in [0.3, 0.4) is 0 Å². The molecule has 0 fully saturated rings. The second-order valence-electron chi connectivity index (χ2n) is 5.66. The summed E-state index contributed by atoms with van der Waals surface area (Å²) in [5, 5.41) is 0.881. The van der Waals surface area contributed by atoms with Gasteiger partial charge in [0.05, 0.1) is 11.8 Å². The molecule has 6 nitrogen and oxygen atoms in total. The van der Waals surface area contributed by atoms with Gasteiger partial charge in [0.15, 0.2) is 0 Å². The lowest BCUT2D eigenvalue weighted by atomic mass is 10.0. The Balaban J connectivity index is 2.20. The highest BCUT2D eigenvalue weighted by Crippen LogP contribution is 2.27. The average Bonchev–Trinajstić information content (AvgIpc) is 3.02. The summed E-state index contributed by atoms with van der Waals surface area (Å²) in [7, 11) is 0. The Morgan fingerprint density at radius 2 is 1.73 bits per heavy atom. The molecule has 0 bridgehead atoms. The molecule has 8 heteroatoms. The lowest BCUT2D eigenvalue weighted by Crippen LogP contribution is -2.48. The summed E-state index contributed by atoms with van der Waals surface area (Å²) in [5.41, 5.74) is 5.90. The standard InChI is InChI=1S/C18H21Cl2N3O3/c1-4-23(5-2)16(12-8-13(19)10-14(20)9-12)18(25)22-21-17(24)15-6-7-26-11(15)3/h6-10,16H,4-5H2,1-3H3,(H,21,24)(H,22,25). The molecule has 0 aliphatic rings. The molecule has 1 aromatic carbocycles. The maximum absolute atomic E-state index is 12.8. The zero-order valence-corrected chi connectivity index (χ0v) is 16.3. The number of hydrogen-bond acceptors (Lipinski definition) is 4. The molecule has 2 N–H and O–H groups in total. The Morgan fingerprint density at radius 3 is 2.23 bits per heavy atom. The van der Waals surface area contributed by atoms with Gasteiger partial charge in [0.25, 0.3) is 11.8 Å². The third kappa shape index (κ3) is 4.78. The Kier molecular flexibility index (Phi) is 7.08. The molecule has 0 saturated heterocycles. The maximum Gasteiger partial charge on any atom is 0.273 e. The molecule has 1 heterocycles. The van der Waals surface area contributed by atoms with Gasteiger partial charge in [0.1, 0.15) is 11.8 Å². The zero-order chi connectivity index (χ0) is 19.3. The Morgan fingerprint density at radius 1 is 1.12 bits per heavy atom. The fourth-order valence-corrected chi connectivity index (χ4v) is 3.27. The van der Waals surface area contributed by atoms with E-state index in [9.17, 15) is 9.59 Å². The van der Waals surface area contributed by atoms with Crippen molar-refractivity contribution in [3.05, 3.63) is 57.5 Å². The van der Waals surface area contributed by atoms with Crippen LogP contribution in [-0.4, -0.2) is 29.8 Å². The van der Waals surface area contributed by atoms with Gasteiger partial charge in [-0.05, 0) is 49.8 Å². The summed E-state index contributed by atoms with van der Waals surface area (Å²) in [6.07, 6.45) is 1.42. The van der Waals surface area contributed by atoms with Crippen LogP contribution in [0.2, 0.25) is 10.0 Å². The SMILES string of the molecule is CCN(CC)C(C(=O)NNC(=O)c1ccoc1C)c1cc(Cl)cc(Cl)c1. The predicted octanol–water partition coefficient (Wildman–Crippen LogP) is 3.74. The Labute approximate surface area is 162 Å². The van der Waals surface area contributed by atoms with Crippen molar-refractivity contribution in [3.63, 3.8) is 0 Å². The van der Waals surface area contributed by atoms with Crippen molar-refractivity contribution in [1.29, 1.82) is 0 Å². The van der Waals surface area contributed by atoms with Crippen LogP contribution < -0.4 is 10.9 Å². The molecule has 2 aromatic rings. The Hall–Kier alpha value is -2.02. The molecule has 0 aliphatic heterocycles. The minimum absolute atomic E-state index is 0.357. The van der Waals surface area contributed by atoms with E-state index >= 15 is 0 Å². The highest BCUT2D eigenvalue weighted by Gasteiger charge is 2.27. The van der Waals surface area contributed by atoms with Crippen molar-refractivity contribution >= 4 is 35.0 Å². The van der Waals surface area contributed by atoms with Crippen LogP contribution in [0.25, 0.3) is 0 Å². The van der Waals surface area contributed by atoms with Crippen molar-refractivity contribution in [2.75, 3.05) is 13.1 Å². The van der Waals surface area contributed by atoms with Crippen LogP contribution in [0, 0.1) is 6.92 Å². The minimum Gasteiger partial charge on any atom is -0.469 e. The fraction of sp³-hybridized carbons (Fsp3) is 0.333. The van der Waals surface area contributed by atoms with Crippen molar-refractivity contribution in [2.24, 2.45) is 0 Å². The van der Waals surface area contributed by atoms with Crippen LogP contribution in [0.5, 0.6) is 0 Å². The summed E-state index contributed by atoms with van der Waals surface area (Å²) in [5.74, 6) is -0.368. The van der Waals surface area contributed by atoms with Gasteiger partial charge >= 0.3 is 0 Å². The predicted molar refractivity (Wildman–Crippen MR) is 101 cm³/mol. The number of carbonyl (C=O) groups excluding carboxylic acids is 2. The summed E-state index contributed by atoms with van der Waals surface area (Å²) in [6.45, 7) is 6.83. The zero-order valence-electron chi connectivity index (χ0n) is 14.8. The number of hydrogen-bond donors (Lipinski definition) is 2. The van der Waals surface area contributed by atoms with Crippen molar-refractivity contribution in [3.8, 4) is 0 Å². The van der Waals surface area contributed by atoms with Crippen molar-refractivity contribution < 1.29 is 14.0 Å². The number of rotatable bonds is 6. The van der Waals surface area contributed by atoms with E-state index in [4.69, 9.17) is 27.6 Å². The number of aryl methyl sites for hydroxylation is 1. The molecular formula is C18H21Cl2N3O3. The summed E-state index contributed by atoms with van der Waals surface area (Å²) in [6, 6.07) is 5.88. The number of amides is 2. The molecule has 26 heavy (non-hydrogen) atoms. The molecule has 1 aromatic heterocycles. The van der Waals surface area contributed by atoms with E-state index < -0.39 is 11.9 Å². The highest BCUT2D eigenvalue weighted by atomic mass is 35.5. The monoisotopic (exact) mass is 397 g/mol. The first-order chi connectivity index (χ1) is 12.4. The van der Waals surface area contributed by atoms with Gasteiger partial charge in [-0.25, -0.2) is 0 Å². The largest absolute Gasteiger partial charge is 0.469 e. The normalized spacial score (nSPS) is 12.1. The van der Waals surface area contributed by atoms with E-state index in [1.165, 1.54) is 12.3 Å². The Bertz CT molecular complexity index is 767. The summed E-state index contributed by atoms with van der Waals surface area (Å²) < 4.78 is 5.10. The second-order valence-corrected chi connectivity index (χ2v) is 6.53. The van der Waals surface area contributed by atoms with E-state index in [-0.39, 0.29) is 5.91 Å². The molecule has 2 rings (SSSR count). The molecule has 0 saturated carbocycles. The van der Waals surface area contributed by atoms with Crippen molar-refractivity contribution in [1.82, 2.24) is 15.8 Å². The molecule has 0 aliphatic carbocycles. The lowest BCUT2D eigenvalue weighted by Gasteiger charge is -2.29. The number of hydrazine groups is 1. The summed E-state index contributed by atoms with van der Waals surface area (Å²) in [4.78, 5) is 26.9. The topological polar surface area (TPSA) is 74.6 Å². The molecular weight excluding hydrogens is 377 g/mol. The van der Waals surface area contributed by atoms with Gasteiger partial charge in [-0.1, -0.05) is 37.0 Å². The fourth-order valence-electron chi connectivity index (χ4n) is 2.72. The van der Waals surface area contributed by atoms with Gasteiger partial charge < -0.3 is 4.42 Å². The number of benzene rings is 1. The molecule has 1 atom stereocenters. The molecule has 140 valence electrons. The van der Waals surface area contributed by atoms with Crippen LogP contribution in [-0.2, 0) is 4.79 Å². The van der Waals surface area contributed by atoms with Gasteiger partial charge in [-0.15, -0.1) is 0 Å². The van der Waals surface area contributed by atoms with Gasteiger partial charge in [-0.3, -0.25) is 25.3 Å². The number of nitrogens with zero attached hydrogens (tertiary/aromatic N) is 1. The van der Waals surface area contributed by atoms with E-state index in [1.54, 1.807) is 25.1 Å². The van der Waals surface area contributed by atoms with Crippen LogP contribution in [0.4, 0.5) is 0 Å². The number of furan rings is 1. The van der Waals surface area contributed by atoms with Crippen LogP contribution >= 0.6 is 23.2 Å². The van der Waals surface area contributed by atoms with E-state index in [1.807, 2.05) is 18.7 Å². The van der Waals surface area contributed by atoms with E-state index in [0.29, 0.717) is 40.0 Å². The first-order valence-corrected chi connectivity index (χ1v) is 8.97. The van der Waals surface area contributed by atoms with Gasteiger partial charge in [-0.2, -0.15) is 0 Å². The average molecular weight is 398 g/mol. The first kappa shape index (κ1) is 20.3. The van der Waals surface area contributed by atoms with Gasteiger partial charge in [0.2, 0.25) is 0 Å². The lowest BCUT2D eigenvalue weighted by molar-refractivity contribution is -0.127. The van der Waals surface area contributed by atoms with Crippen LogP contribution in [0.15, 0.2) is 34.9 Å². The molecule has 0 spiro atoms. The quantitative estimate of drug-likeness (QED) is 0.727. The first-order valence-electron chi connectivity index (χ1n) is 8.21. The number of nitrogens with one attached hydrogen (secondary N) is 2. The summed E-state index contributed by atoms with van der Waals surface area (Å²) >= 11 is 12.2. The van der Waals surface area contributed by atoms with Crippen LogP contribution in [0.1, 0.15) is 41.6 Å². The maximum atomic E-state index is 12.8. The van der Waals surface area contributed by atoms with Crippen molar-refractivity contribution in [2.45, 2.75) is 26.8 Å². The molecule has 2 amide bonds. The smallest absolute Gasteiger partial charge is 0.273 e. The van der Waals surface area contributed by atoms with E-state index in [0.717, 1.165) is 0 Å². The van der Waals surface area contributed by atoms with E-state index in [2.05, 4.69) is 10.9 Å². The minimum atomic E-state index is -0.646. The highest BCUT2D eigenvalue weighted by molar-refractivity contribution is 6.34. The molecule has 0 radical (unpaired) electrons. The van der Waals surface area contributed by atoms with Gasteiger partial charge in [0, 0.05) is 10.0 Å². The number of likely N-dealkylation sites (N-methyl/N-ethyl adjacent to an activating group) is 1. The number of carbonyl (C=O) groups is 2.